The van der Waals surface area contributed by atoms with Gasteiger partial charge in [-0.25, -0.2) is 9.18 Å². The van der Waals surface area contributed by atoms with E-state index in [-0.39, 0.29) is 0 Å². The molecule has 0 saturated carbocycles. The first-order valence-corrected chi connectivity index (χ1v) is 5.00. The fourth-order valence-corrected chi connectivity index (χ4v) is 1.29. The van der Waals surface area contributed by atoms with Gasteiger partial charge >= 0.3 is 12.1 Å². The molecule has 1 aromatic rings. The number of nitrogens with one attached hydrogen (secondary N) is 1. The maximum absolute atomic E-state index is 13.1. The van der Waals surface area contributed by atoms with Crippen molar-refractivity contribution in [1.82, 2.24) is 0 Å². The van der Waals surface area contributed by atoms with Crippen molar-refractivity contribution in [1.29, 1.82) is 0 Å². The summed E-state index contributed by atoms with van der Waals surface area (Å²) in [5.41, 5.74) is -4.88. The van der Waals surface area contributed by atoms with E-state index in [0.717, 1.165) is 0 Å². The second-order valence-electron chi connectivity index (χ2n) is 4.01. The van der Waals surface area contributed by atoms with E-state index in [1.54, 1.807) is 5.32 Å². The van der Waals surface area contributed by atoms with Crippen LogP contribution in [0.4, 0.5) is 28.9 Å². The molecule has 0 spiro atoms. The van der Waals surface area contributed by atoms with Crippen LogP contribution in [0.3, 0.4) is 0 Å². The average Bonchev–Trinajstić information content (AvgIpc) is 2.26. The lowest BCUT2D eigenvalue weighted by Crippen LogP contribution is -2.55. The normalized spacial score (nSPS) is 14.4. The molecule has 0 aromatic heterocycles. The van der Waals surface area contributed by atoms with Gasteiger partial charge in [0.05, 0.1) is 11.0 Å². The lowest BCUT2D eigenvalue weighted by Gasteiger charge is -2.29. The largest absolute Gasteiger partial charge is 0.479 e. The Kier molecular flexibility index (Phi) is 3.87. The van der Waals surface area contributed by atoms with E-state index in [2.05, 4.69) is 0 Å². The van der Waals surface area contributed by atoms with E-state index in [1.165, 1.54) is 0 Å². The zero-order valence-electron chi connectivity index (χ0n) is 9.86. The average molecular weight is 296 g/mol. The number of non-ortho nitro benzene ring substituents is 1. The maximum Gasteiger partial charge on any atom is 0.422 e. The van der Waals surface area contributed by atoms with Crippen LogP contribution in [-0.4, -0.2) is 27.7 Å². The molecule has 0 bridgehead atoms. The first kappa shape index (κ1) is 15.7. The topological polar surface area (TPSA) is 92.5 Å². The van der Waals surface area contributed by atoms with Crippen molar-refractivity contribution < 1.29 is 32.4 Å². The molecule has 0 radical (unpaired) electrons. The van der Waals surface area contributed by atoms with E-state index >= 15 is 0 Å². The van der Waals surface area contributed by atoms with Gasteiger partial charge in [-0.15, -0.1) is 0 Å². The molecule has 1 rings (SSSR count). The molecule has 0 amide bonds. The van der Waals surface area contributed by atoms with Gasteiger partial charge in [-0.2, -0.15) is 13.2 Å². The van der Waals surface area contributed by atoms with Crippen molar-refractivity contribution in [3.8, 4) is 0 Å². The van der Waals surface area contributed by atoms with Gasteiger partial charge in [-0.05, 0) is 13.0 Å². The van der Waals surface area contributed by atoms with Crippen molar-refractivity contribution in [2.75, 3.05) is 5.32 Å². The number of carboxylic acids is 1. The van der Waals surface area contributed by atoms with E-state index in [4.69, 9.17) is 5.11 Å². The molecule has 0 aliphatic carbocycles. The molecule has 0 aliphatic heterocycles. The number of halogens is 4. The molecule has 1 atom stereocenters. The van der Waals surface area contributed by atoms with Crippen LogP contribution in [0.5, 0.6) is 0 Å². The third-order valence-electron chi connectivity index (χ3n) is 2.48. The summed E-state index contributed by atoms with van der Waals surface area (Å²) >= 11 is 0. The summed E-state index contributed by atoms with van der Waals surface area (Å²) in [5.74, 6) is -3.42. The third-order valence-corrected chi connectivity index (χ3v) is 2.48. The minimum Gasteiger partial charge on any atom is -0.479 e. The van der Waals surface area contributed by atoms with Crippen LogP contribution < -0.4 is 5.32 Å². The number of benzene rings is 1. The Bertz CT molecular complexity index is 561. The highest BCUT2D eigenvalue weighted by molar-refractivity contribution is 5.83. The van der Waals surface area contributed by atoms with Crippen molar-refractivity contribution in [2.45, 2.75) is 18.6 Å². The molecule has 0 saturated heterocycles. The van der Waals surface area contributed by atoms with Crippen molar-refractivity contribution in [3.05, 3.63) is 34.1 Å². The number of nitro groups is 1. The maximum atomic E-state index is 13.1. The van der Waals surface area contributed by atoms with E-state index in [0.29, 0.717) is 25.1 Å². The number of anilines is 1. The van der Waals surface area contributed by atoms with Crippen LogP contribution in [0, 0.1) is 15.9 Å². The van der Waals surface area contributed by atoms with Gasteiger partial charge in [0, 0.05) is 11.8 Å². The molecule has 0 aliphatic rings. The molecular formula is C10H8F4N2O4. The smallest absolute Gasteiger partial charge is 0.422 e. The molecule has 20 heavy (non-hydrogen) atoms. The standard InChI is InChI=1S/C10H8F4N2O4/c1-9(8(17)18,10(12,13)14)15-6-2-5(11)3-7(4-6)16(19)20/h2-4,15H,1H3,(H,17,18). The summed E-state index contributed by atoms with van der Waals surface area (Å²) in [7, 11) is 0. The van der Waals surface area contributed by atoms with Gasteiger partial charge in [0.2, 0.25) is 5.54 Å². The molecule has 0 heterocycles. The number of rotatable bonds is 4. The van der Waals surface area contributed by atoms with Gasteiger partial charge in [0.15, 0.2) is 0 Å². The first-order chi connectivity index (χ1) is 8.97. The number of alkyl halides is 3. The highest BCUT2D eigenvalue weighted by atomic mass is 19.4. The van der Waals surface area contributed by atoms with Gasteiger partial charge in [-0.1, -0.05) is 0 Å². The highest BCUT2D eigenvalue weighted by Gasteiger charge is 2.57. The first-order valence-electron chi connectivity index (χ1n) is 5.00. The van der Waals surface area contributed by atoms with Gasteiger partial charge in [0.25, 0.3) is 5.69 Å². The summed E-state index contributed by atoms with van der Waals surface area (Å²) in [5, 5.41) is 20.7. The molecule has 1 unspecified atom stereocenters. The number of carbonyl (C=O) groups is 1. The zero-order chi connectivity index (χ0) is 15.7. The van der Waals surface area contributed by atoms with Crippen LogP contribution >= 0.6 is 0 Å². The van der Waals surface area contributed by atoms with Crippen LogP contribution in [0.15, 0.2) is 18.2 Å². The van der Waals surface area contributed by atoms with Crippen LogP contribution in [0.2, 0.25) is 0 Å². The summed E-state index contributed by atoms with van der Waals surface area (Å²) in [4.78, 5) is 20.2. The Balaban J connectivity index is 3.26. The van der Waals surface area contributed by atoms with Gasteiger partial charge in [0.1, 0.15) is 5.82 Å². The monoisotopic (exact) mass is 296 g/mol. The number of nitrogens with zero attached hydrogens (tertiary/aromatic N) is 1. The fourth-order valence-electron chi connectivity index (χ4n) is 1.29. The summed E-state index contributed by atoms with van der Waals surface area (Å²) in [6.45, 7) is 0.325. The molecule has 110 valence electrons. The molecule has 10 heteroatoms. The third kappa shape index (κ3) is 2.95. The van der Waals surface area contributed by atoms with Gasteiger partial charge in [-0.3, -0.25) is 10.1 Å². The fraction of sp³-hybridized carbons (Fsp3) is 0.300. The molecular weight excluding hydrogens is 288 g/mol. The van der Waals surface area contributed by atoms with Crippen molar-refractivity contribution in [2.24, 2.45) is 0 Å². The Morgan fingerprint density at radius 3 is 2.30 bits per heavy atom. The predicted molar refractivity (Wildman–Crippen MR) is 58.8 cm³/mol. The van der Waals surface area contributed by atoms with Crippen LogP contribution in [0.1, 0.15) is 6.92 Å². The summed E-state index contributed by atoms with van der Waals surface area (Å²) in [6, 6.07) is 1.63. The number of nitro benzene ring substituents is 1. The van der Waals surface area contributed by atoms with E-state index < -0.39 is 39.8 Å². The number of aliphatic carboxylic acids is 1. The van der Waals surface area contributed by atoms with Crippen molar-refractivity contribution in [3.63, 3.8) is 0 Å². The Morgan fingerprint density at radius 2 is 1.90 bits per heavy atom. The Hall–Kier alpha value is -2.39. The minimum absolute atomic E-state index is 0.325. The minimum atomic E-state index is -5.19. The lowest BCUT2D eigenvalue weighted by atomic mass is 10.0. The molecule has 2 N–H and O–H groups in total. The SMILES string of the molecule is CC(Nc1cc(F)cc([N+](=O)[O-])c1)(C(=O)O)C(F)(F)F. The second kappa shape index (κ2) is 4.94. The highest BCUT2D eigenvalue weighted by Crippen LogP contribution is 2.34. The lowest BCUT2D eigenvalue weighted by molar-refractivity contribution is -0.385. The summed E-state index contributed by atoms with van der Waals surface area (Å²) in [6.07, 6.45) is -5.19. The van der Waals surface area contributed by atoms with E-state index in [1.807, 2.05) is 0 Å². The predicted octanol–water partition coefficient (Wildman–Crippen LogP) is 2.55. The number of hydrogen-bond acceptors (Lipinski definition) is 4. The Morgan fingerprint density at radius 1 is 1.35 bits per heavy atom. The van der Waals surface area contributed by atoms with Crippen molar-refractivity contribution >= 4 is 17.3 Å². The van der Waals surface area contributed by atoms with E-state index in [9.17, 15) is 32.5 Å². The molecule has 6 nitrogen and oxygen atoms in total. The Labute approximate surface area is 109 Å². The zero-order valence-corrected chi connectivity index (χ0v) is 9.86. The van der Waals surface area contributed by atoms with Gasteiger partial charge < -0.3 is 10.4 Å². The second-order valence-corrected chi connectivity index (χ2v) is 4.01. The molecule has 0 fully saturated rings. The number of carboxylic acid groups (broad SMARTS) is 1. The number of hydrogen-bond donors (Lipinski definition) is 2. The molecule has 1 aromatic carbocycles. The summed E-state index contributed by atoms with van der Waals surface area (Å²) < 4.78 is 51.3. The quantitative estimate of drug-likeness (QED) is 0.506. The van der Waals surface area contributed by atoms with Crippen LogP contribution in [0.25, 0.3) is 0 Å². The van der Waals surface area contributed by atoms with Crippen LogP contribution in [-0.2, 0) is 4.79 Å².